The summed E-state index contributed by atoms with van der Waals surface area (Å²) >= 11 is 13.5. The molecule has 2 aromatic rings. The molecular formula is C12H13Cl2FN2S. The van der Waals surface area contributed by atoms with Crippen LogP contribution in [0.5, 0.6) is 0 Å². The van der Waals surface area contributed by atoms with Gasteiger partial charge in [-0.1, -0.05) is 11.6 Å². The summed E-state index contributed by atoms with van der Waals surface area (Å²) < 4.78 is 15.5. The Morgan fingerprint density at radius 3 is 2.83 bits per heavy atom. The molecule has 0 N–H and O–H groups in total. The summed E-state index contributed by atoms with van der Waals surface area (Å²) in [7, 11) is 0. The number of nitrogens with zero attached hydrogens (tertiary/aromatic N) is 2. The lowest BCUT2D eigenvalue weighted by molar-refractivity contribution is 0.605. The maximum atomic E-state index is 13.4. The van der Waals surface area contributed by atoms with Crippen LogP contribution in [0.3, 0.4) is 0 Å². The van der Waals surface area contributed by atoms with Gasteiger partial charge in [0.1, 0.15) is 11.6 Å². The van der Waals surface area contributed by atoms with Gasteiger partial charge in [0.05, 0.1) is 21.9 Å². The normalized spacial score (nSPS) is 13.2. The molecule has 18 heavy (non-hydrogen) atoms. The number of hydrogen-bond donors (Lipinski definition) is 0. The zero-order chi connectivity index (χ0) is 13.3. The molecule has 0 aliphatic rings. The average molecular weight is 307 g/mol. The molecule has 0 aliphatic carbocycles. The third kappa shape index (κ3) is 2.46. The highest BCUT2D eigenvalue weighted by Crippen LogP contribution is 2.28. The fraction of sp³-hybridized carbons (Fsp3) is 0.417. The topological polar surface area (TPSA) is 17.8 Å². The van der Waals surface area contributed by atoms with Crippen molar-refractivity contribution in [1.82, 2.24) is 9.55 Å². The molecule has 0 spiro atoms. The van der Waals surface area contributed by atoms with Gasteiger partial charge in [0, 0.05) is 17.9 Å². The Kier molecular flexibility index (Phi) is 4.41. The van der Waals surface area contributed by atoms with Gasteiger partial charge >= 0.3 is 0 Å². The number of thioether (sulfide) groups is 1. The molecule has 0 saturated heterocycles. The Morgan fingerprint density at radius 1 is 1.50 bits per heavy atom. The third-order valence-electron chi connectivity index (χ3n) is 2.77. The van der Waals surface area contributed by atoms with Gasteiger partial charge in [-0.25, -0.2) is 9.37 Å². The minimum Gasteiger partial charge on any atom is -0.323 e. The molecule has 0 amide bonds. The molecule has 0 aliphatic heterocycles. The van der Waals surface area contributed by atoms with E-state index in [9.17, 15) is 4.39 Å². The predicted octanol–water partition coefficient (Wildman–Crippen LogP) is 4.49. The smallest absolute Gasteiger partial charge is 0.144 e. The van der Waals surface area contributed by atoms with Crippen molar-refractivity contribution in [1.29, 1.82) is 0 Å². The molecule has 98 valence electrons. The van der Waals surface area contributed by atoms with Gasteiger partial charge in [-0.05, 0) is 19.2 Å². The van der Waals surface area contributed by atoms with Gasteiger partial charge in [0.25, 0.3) is 0 Å². The molecule has 0 radical (unpaired) electrons. The van der Waals surface area contributed by atoms with Crippen molar-refractivity contribution in [2.75, 3.05) is 12.0 Å². The molecule has 0 bridgehead atoms. The summed E-state index contributed by atoms with van der Waals surface area (Å²) in [4.78, 5) is 4.36. The van der Waals surface area contributed by atoms with E-state index in [2.05, 4.69) is 11.9 Å². The monoisotopic (exact) mass is 306 g/mol. The maximum Gasteiger partial charge on any atom is 0.144 e. The molecule has 0 fully saturated rings. The van der Waals surface area contributed by atoms with E-state index in [1.807, 2.05) is 10.8 Å². The van der Waals surface area contributed by atoms with Gasteiger partial charge in [0.2, 0.25) is 0 Å². The van der Waals surface area contributed by atoms with E-state index in [1.54, 1.807) is 17.8 Å². The summed E-state index contributed by atoms with van der Waals surface area (Å²) in [5, 5.41) is 0.112. The number of fused-ring (bicyclic) bond motifs is 1. The van der Waals surface area contributed by atoms with Crippen LogP contribution in [0.4, 0.5) is 4.39 Å². The SMILES string of the molecule is CSCC(C)n1c(CCl)nc2cc(F)c(Cl)cc21. The Bertz CT molecular complexity index is 571. The van der Waals surface area contributed by atoms with Crippen LogP contribution in [0.2, 0.25) is 5.02 Å². The van der Waals surface area contributed by atoms with Crippen molar-refractivity contribution in [3.05, 3.63) is 28.8 Å². The van der Waals surface area contributed by atoms with Crippen LogP contribution in [0.25, 0.3) is 11.0 Å². The fourth-order valence-corrected chi connectivity index (χ4v) is 3.02. The minimum absolute atomic E-state index is 0.112. The van der Waals surface area contributed by atoms with E-state index >= 15 is 0 Å². The van der Waals surface area contributed by atoms with E-state index in [1.165, 1.54) is 6.07 Å². The van der Waals surface area contributed by atoms with Crippen molar-refractivity contribution in [3.8, 4) is 0 Å². The standard InChI is InChI=1S/C12H13Cl2FN2S/c1-7(6-18-2)17-11-3-8(14)9(15)4-10(11)16-12(17)5-13/h3-4,7H,5-6H2,1-2H3. The van der Waals surface area contributed by atoms with Crippen molar-refractivity contribution in [2.45, 2.75) is 18.8 Å². The van der Waals surface area contributed by atoms with Gasteiger partial charge in [-0.3, -0.25) is 0 Å². The zero-order valence-electron chi connectivity index (χ0n) is 10.1. The first-order valence-electron chi connectivity index (χ1n) is 5.49. The molecule has 2 rings (SSSR count). The number of benzene rings is 1. The summed E-state index contributed by atoms with van der Waals surface area (Å²) in [5.41, 5.74) is 1.43. The second kappa shape index (κ2) is 5.68. The largest absolute Gasteiger partial charge is 0.323 e. The number of imidazole rings is 1. The van der Waals surface area contributed by atoms with Gasteiger partial charge in [-0.15, -0.1) is 11.6 Å². The second-order valence-corrected chi connectivity index (χ2v) is 5.68. The van der Waals surface area contributed by atoms with Crippen LogP contribution in [-0.2, 0) is 5.88 Å². The lowest BCUT2D eigenvalue weighted by Crippen LogP contribution is -2.10. The van der Waals surface area contributed by atoms with Crippen molar-refractivity contribution in [3.63, 3.8) is 0 Å². The molecular weight excluding hydrogens is 294 g/mol. The summed E-state index contributed by atoms with van der Waals surface area (Å²) in [6.07, 6.45) is 2.04. The quantitative estimate of drug-likeness (QED) is 0.774. The molecule has 6 heteroatoms. The molecule has 1 aromatic carbocycles. The lowest BCUT2D eigenvalue weighted by Gasteiger charge is -2.15. The predicted molar refractivity (Wildman–Crippen MR) is 77.4 cm³/mol. The van der Waals surface area contributed by atoms with E-state index in [0.717, 1.165) is 17.1 Å². The highest BCUT2D eigenvalue weighted by molar-refractivity contribution is 7.98. The Balaban J connectivity index is 2.64. The summed E-state index contributed by atoms with van der Waals surface area (Å²) in [5.74, 6) is 1.53. The number of aromatic nitrogens is 2. The van der Waals surface area contributed by atoms with Crippen LogP contribution in [0.1, 0.15) is 18.8 Å². The first kappa shape index (κ1) is 14.0. The van der Waals surface area contributed by atoms with Crippen molar-refractivity contribution >= 4 is 46.0 Å². The van der Waals surface area contributed by atoms with Crippen LogP contribution in [-0.4, -0.2) is 21.6 Å². The van der Waals surface area contributed by atoms with Gasteiger partial charge in [-0.2, -0.15) is 11.8 Å². The minimum atomic E-state index is -0.451. The maximum absolute atomic E-state index is 13.4. The number of halogens is 3. The highest BCUT2D eigenvalue weighted by atomic mass is 35.5. The number of rotatable bonds is 4. The first-order chi connectivity index (χ1) is 8.58. The van der Waals surface area contributed by atoms with Gasteiger partial charge in [0.15, 0.2) is 0 Å². The van der Waals surface area contributed by atoms with E-state index in [4.69, 9.17) is 23.2 Å². The van der Waals surface area contributed by atoms with Crippen molar-refractivity contribution < 1.29 is 4.39 Å². The number of hydrogen-bond acceptors (Lipinski definition) is 2. The van der Waals surface area contributed by atoms with E-state index < -0.39 is 5.82 Å². The number of alkyl halides is 1. The third-order valence-corrected chi connectivity index (χ3v) is 4.12. The lowest BCUT2D eigenvalue weighted by atomic mass is 10.3. The van der Waals surface area contributed by atoms with Crippen molar-refractivity contribution in [2.24, 2.45) is 0 Å². The Hall–Kier alpha value is -0.450. The van der Waals surface area contributed by atoms with Crippen LogP contribution in [0, 0.1) is 5.82 Å². The molecule has 1 aromatic heterocycles. The fourth-order valence-electron chi connectivity index (χ4n) is 2.04. The molecule has 2 nitrogen and oxygen atoms in total. The molecule has 1 heterocycles. The molecule has 1 atom stereocenters. The highest BCUT2D eigenvalue weighted by Gasteiger charge is 2.16. The van der Waals surface area contributed by atoms with Gasteiger partial charge < -0.3 is 4.57 Å². The van der Waals surface area contributed by atoms with E-state index in [0.29, 0.717) is 11.4 Å². The van der Waals surface area contributed by atoms with Crippen LogP contribution >= 0.6 is 35.0 Å². The van der Waals surface area contributed by atoms with E-state index in [-0.39, 0.29) is 11.1 Å². The Labute approximate surface area is 119 Å². The Morgan fingerprint density at radius 2 is 2.22 bits per heavy atom. The second-order valence-electron chi connectivity index (χ2n) is 4.09. The van der Waals surface area contributed by atoms with Crippen LogP contribution < -0.4 is 0 Å². The van der Waals surface area contributed by atoms with Crippen LogP contribution in [0.15, 0.2) is 12.1 Å². The summed E-state index contributed by atoms with van der Waals surface area (Å²) in [6.45, 7) is 2.09. The molecule has 0 saturated carbocycles. The first-order valence-corrected chi connectivity index (χ1v) is 7.79. The zero-order valence-corrected chi connectivity index (χ0v) is 12.4. The average Bonchev–Trinajstić information content (AvgIpc) is 2.68. The summed E-state index contributed by atoms with van der Waals surface area (Å²) in [6, 6.07) is 3.21. The molecule has 1 unspecified atom stereocenters.